The van der Waals surface area contributed by atoms with Crippen molar-refractivity contribution in [2.24, 2.45) is 5.92 Å². The lowest BCUT2D eigenvalue weighted by Gasteiger charge is -2.36. The summed E-state index contributed by atoms with van der Waals surface area (Å²) in [5.74, 6) is 1.93. The molecule has 3 nitrogen and oxygen atoms in total. The average molecular weight is 359 g/mol. The van der Waals surface area contributed by atoms with Crippen LogP contribution in [0.5, 0.6) is 5.75 Å². The number of halogens is 2. The van der Waals surface area contributed by atoms with E-state index in [9.17, 15) is 0 Å². The van der Waals surface area contributed by atoms with Crippen molar-refractivity contribution in [2.45, 2.75) is 51.3 Å². The molecule has 4 heterocycles. The first-order valence-electron chi connectivity index (χ1n) is 8.35. The lowest BCUT2D eigenvalue weighted by molar-refractivity contribution is 0.126. The Balaban J connectivity index is 0.000000960. The first kappa shape index (κ1) is 18.9. The first-order chi connectivity index (χ1) is 10.1. The molecule has 3 saturated heterocycles. The van der Waals surface area contributed by atoms with Crippen molar-refractivity contribution in [3.05, 3.63) is 29.3 Å². The topological polar surface area (TPSA) is 24.5 Å². The van der Waals surface area contributed by atoms with Gasteiger partial charge < -0.3 is 10.1 Å². The molecule has 130 valence electrons. The predicted molar refractivity (Wildman–Crippen MR) is 99.1 cm³/mol. The van der Waals surface area contributed by atoms with Crippen LogP contribution in [0.3, 0.4) is 0 Å². The second-order valence-corrected chi connectivity index (χ2v) is 7.67. The molecule has 3 fully saturated rings. The maximum atomic E-state index is 5.98. The van der Waals surface area contributed by atoms with E-state index in [0.29, 0.717) is 0 Å². The molecule has 0 spiro atoms. The Morgan fingerprint density at radius 3 is 2.87 bits per heavy atom. The van der Waals surface area contributed by atoms with E-state index < -0.39 is 0 Å². The second-order valence-electron chi connectivity index (χ2n) is 7.67. The summed E-state index contributed by atoms with van der Waals surface area (Å²) in [5.41, 5.74) is 2.80. The van der Waals surface area contributed by atoms with Gasteiger partial charge in [0.25, 0.3) is 0 Å². The smallest absolute Gasteiger partial charge is 0.123 e. The Labute approximate surface area is 152 Å². The number of nitrogens with zero attached hydrogens (tertiary/aromatic N) is 1. The average Bonchev–Trinajstić information content (AvgIpc) is 2.61. The third-order valence-electron chi connectivity index (χ3n) is 5.24. The maximum Gasteiger partial charge on any atom is 0.123 e. The van der Waals surface area contributed by atoms with Crippen LogP contribution in [-0.2, 0) is 13.0 Å². The van der Waals surface area contributed by atoms with Gasteiger partial charge in [-0.15, -0.1) is 24.8 Å². The van der Waals surface area contributed by atoms with E-state index in [0.717, 1.165) is 37.2 Å². The molecule has 23 heavy (non-hydrogen) atoms. The van der Waals surface area contributed by atoms with Crippen molar-refractivity contribution >= 4 is 24.8 Å². The highest BCUT2D eigenvalue weighted by Crippen LogP contribution is 2.36. The van der Waals surface area contributed by atoms with Crippen molar-refractivity contribution in [3.8, 4) is 5.75 Å². The van der Waals surface area contributed by atoms with Crippen molar-refractivity contribution in [2.75, 3.05) is 19.6 Å². The summed E-state index contributed by atoms with van der Waals surface area (Å²) in [6.07, 6.45) is 3.79. The molecule has 1 aromatic rings. The Morgan fingerprint density at radius 1 is 1.22 bits per heavy atom. The molecule has 1 N–H and O–H groups in total. The molecular formula is C18H28Cl2N2O. The Kier molecular flexibility index (Phi) is 5.89. The van der Waals surface area contributed by atoms with E-state index >= 15 is 0 Å². The fourth-order valence-corrected chi connectivity index (χ4v) is 4.22. The van der Waals surface area contributed by atoms with Crippen LogP contribution in [0, 0.1) is 5.92 Å². The SMILES string of the molecule is CC1(C)Cc2cc(CN3C[C@@H]4CC[C@H]3CNC4)ccc2O1.Cl.Cl. The number of nitrogens with one attached hydrogen (secondary N) is 1. The molecule has 0 aromatic heterocycles. The fraction of sp³-hybridized carbons (Fsp3) is 0.667. The molecule has 1 aromatic carbocycles. The van der Waals surface area contributed by atoms with E-state index in [-0.39, 0.29) is 30.4 Å². The summed E-state index contributed by atoms with van der Waals surface area (Å²) in [7, 11) is 0. The zero-order valence-electron chi connectivity index (χ0n) is 14.0. The van der Waals surface area contributed by atoms with Gasteiger partial charge in [0, 0.05) is 32.1 Å². The number of rotatable bonds is 2. The van der Waals surface area contributed by atoms with E-state index in [1.165, 1.54) is 37.1 Å². The van der Waals surface area contributed by atoms with E-state index in [2.05, 4.69) is 42.3 Å². The summed E-state index contributed by atoms with van der Waals surface area (Å²) in [5, 5.41) is 3.62. The molecule has 0 unspecified atom stereocenters. The third kappa shape index (κ3) is 3.96. The maximum absolute atomic E-state index is 5.98. The van der Waals surface area contributed by atoms with Gasteiger partial charge in [0.2, 0.25) is 0 Å². The Bertz CT molecular complexity index is 546. The molecule has 0 radical (unpaired) electrons. The van der Waals surface area contributed by atoms with E-state index in [4.69, 9.17) is 4.74 Å². The lowest BCUT2D eigenvalue weighted by Crippen LogP contribution is -2.42. The fourth-order valence-electron chi connectivity index (χ4n) is 4.22. The van der Waals surface area contributed by atoms with Crippen molar-refractivity contribution in [1.82, 2.24) is 10.2 Å². The molecule has 0 aliphatic carbocycles. The van der Waals surface area contributed by atoms with Crippen LogP contribution in [0.15, 0.2) is 18.2 Å². The van der Waals surface area contributed by atoms with Gasteiger partial charge in [-0.05, 0) is 56.3 Å². The Morgan fingerprint density at radius 2 is 2.04 bits per heavy atom. The van der Waals surface area contributed by atoms with Gasteiger partial charge in [-0.25, -0.2) is 0 Å². The molecule has 5 rings (SSSR count). The summed E-state index contributed by atoms with van der Waals surface area (Å²) >= 11 is 0. The predicted octanol–water partition coefficient (Wildman–Crippen LogP) is 3.43. The number of hydrogen-bond donors (Lipinski definition) is 1. The van der Waals surface area contributed by atoms with Crippen LogP contribution in [0.4, 0.5) is 0 Å². The first-order valence-corrected chi connectivity index (χ1v) is 8.35. The Hall–Kier alpha value is -0.480. The molecular weight excluding hydrogens is 331 g/mol. The molecule has 5 heteroatoms. The quantitative estimate of drug-likeness (QED) is 0.876. The minimum Gasteiger partial charge on any atom is -0.487 e. The molecule has 0 saturated carbocycles. The van der Waals surface area contributed by atoms with Crippen LogP contribution in [0.2, 0.25) is 0 Å². The molecule has 4 aliphatic rings. The number of hydrogen-bond acceptors (Lipinski definition) is 3. The zero-order valence-corrected chi connectivity index (χ0v) is 15.6. The van der Waals surface area contributed by atoms with Gasteiger partial charge in [-0.1, -0.05) is 12.1 Å². The van der Waals surface area contributed by atoms with Gasteiger partial charge in [0.05, 0.1) is 0 Å². The highest BCUT2D eigenvalue weighted by molar-refractivity contribution is 5.85. The monoisotopic (exact) mass is 358 g/mol. The highest BCUT2D eigenvalue weighted by Gasteiger charge is 2.32. The van der Waals surface area contributed by atoms with Crippen molar-refractivity contribution in [3.63, 3.8) is 0 Å². The summed E-state index contributed by atoms with van der Waals surface area (Å²) < 4.78 is 5.98. The molecule has 0 amide bonds. The third-order valence-corrected chi connectivity index (χ3v) is 5.24. The van der Waals surface area contributed by atoms with E-state index in [1.54, 1.807) is 0 Å². The van der Waals surface area contributed by atoms with Crippen LogP contribution < -0.4 is 10.1 Å². The van der Waals surface area contributed by atoms with Crippen LogP contribution >= 0.6 is 24.8 Å². The summed E-state index contributed by atoms with van der Waals surface area (Å²) in [6, 6.07) is 7.53. The molecule has 4 aliphatic heterocycles. The lowest BCUT2D eigenvalue weighted by atomic mass is 9.94. The minimum absolute atomic E-state index is 0. The largest absolute Gasteiger partial charge is 0.487 e. The van der Waals surface area contributed by atoms with Gasteiger partial charge in [0.1, 0.15) is 11.4 Å². The second kappa shape index (κ2) is 7.18. The van der Waals surface area contributed by atoms with Crippen LogP contribution in [0.1, 0.15) is 37.8 Å². The highest BCUT2D eigenvalue weighted by atomic mass is 35.5. The molecule has 2 atom stereocenters. The number of piperidine rings is 1. The molecule has 2 bridgehead atoms. The number of ether oxygens (including phenoxy) is 1. The van der Waals surface area contributed by atoms with E-state index in [1.807, 2.05) is 0 Å². The minimum atomic E-state index is -0.0352. The van der Waals surface area contributed by atoms with Gasteiger partial charge >= 0.3 is 0 Å². The zero-order chi connectivity index (χ0) is 14.4. The number of fused-ring (bicyclic) bond motifs is 5. The van der Waals surface area contributed by atoms with Crippen molar-refractivity contribution in [1.29, 1.82) is 0 Å². The summed E-state index contributed by atoms with van der Waals surface area (Å²) in [6.45, 7) is 9.07. The van der Waals surface area contributed by atoms with Gasteiger partial charge in [-0.2, -0.15) is 0 Å². The standard InChI is InChI=1S/C18H26N2O.2ClH/c1-18(2)8-15-7-13(4-6-17(15)21-18)11-20-12-14-3-5-16(20)10-19-9-14;;/h4,6-7,14,16,19H,3,5,8-12H2,1-2H3;2*1H/t14-,16+;;/m1../s1. The van der Waals surface area contributed by atoms with Crippen molar-refractivity contribution < 1.29 is 4.74 Å². The normalized spacial score (nSPS) is 28.1. The van der Waals surface area contributed by atoms with Crippen LogP contribution in [0.25, 0.3) is 0 Å². The van der Waals surface area contributed by atoms with Gasteiger partial charge in [0.15, 0.2) is 0 Å². The van der Waals surface area contributed by atoms with Gasteiger partial charge in [-0.3, -0.25) is 4.90 Å². The van der Waals surface area contributed by atoms with Crippen LogP contribution in [-0.4, -0.2) is 36.2 Å². The summed E-state index contributed by atoms with van der Waals surface area (Å²) in [4.78, 5) is 2.69. The number of benzene rings is 1.